The van der Waals surface area contributed by atoms with Crippen LogP contribution in [-0.4, -0.2) is 43.7 Å². The highest BCUT2D eigenvalue weighted by atomic mass is 32.2. The van der Waals surface area contributed by atoms with Crippen molar-refractivity contribution < 1.29 is 18.0 Å². The lowest BCUT2D eigenvalue weighted by atomic mass is 9.95. The molecule has 0 radical (unpaired) electrons. The van der Waals surface area contributed by atoms with Gasteiger partial charge in [0.05, 0.1) is 4.90 Å². The fourth-order valence-electron chi connectivity index (χ4n) is 4.12. The van der Waals surface area contributed by atoms with Gasteiger partial charge in [-0.1, -0.05) is 43.7 Å². The van der Waals surface area contributed by atoms with Gasteiger partial charge in [0.2, 0.25) is 21.8 Å². The molecule has 0 spiro atoms. The molecule has 1 aliphatic heterocycles. The zero-order chi connectivity index (χ0) is 25.0. The first-order valence-electron chi connectivity index (χ1n) is 11.7. The summed E-state index contributed by atoms with van der Waals surface area (Å²) in [6.07, 6.45) is 0.834. The zero-order valence-corrected chi connectivity index (χ0v) is 21.4. The van der Waals surface area contributed by atoms with E-state index in [0.717, 1.165) is 22.4 Å². The van der Waals surface area contributed by atoms with Gasteiger partial charge in [-0.3, -0.25) is 9.59 Å². The summed E-state index contributed by atoms with van der Waals surface area (Å²) in [5.74, 6) is -0.895. The third-order valence-corrected chi connectivity index (χ3v) is 8.51. The molecule has 0 aromatic heterocycles. The smallest absolute Gasteiger partial charge is 0.247 e. The van der Waals surface area contributed by atoms with Crippen LogP contribution in [0.1, 0.15) is 43.4 Å². The maximum Gasteiger partial charge on any atom is 0.247 e. The molecule has 2 aromatic rings. The van der Waals surface area contributed by atoms with Gasteiger partial charge in [-0.15, -0.1) is 0 Å². The van der Waals surface area contributed by atoms with E-state index < -0.39 is 16.1 Å². The topological polar surface area (TPSA) is 95.6 Å². The molecule has 1 fully saturated rings. The molecule has 1 atom stereocenters. The second-order valence-electron chi connectivity index (χ2n) is 9.46. The van der Waals surface area contributed by atoms with Crippen LogP contribution in [-0.2, 0) is 19.6 Å². The van der Waals surface area contributed by atoms with E-state index in [4.69, 9.17) is 0 Å². The quantitative estimate of drug-likeness (QED) is 0.624. The van der Waals surface area contributed by atoms with Crippen LogP contribution in [0.15, 0.2) is 47.4 Å². The number of hydrogen-bond acceptors (Lipinski definition) is 4. The van der Waals surface area contributed by atoms with E-state index in [9.17, 15) is 18.0 Å². The van der Waals surface area contributed by atoms with Gasteiger partial charge in [0.25, 0.3) is 0 Å². The number of piperidine rings is 1. The number of carbonyl (C=O) groups is 2. The van der Waals surface area contributed by atoms with Crippen molar-refractivity contribution in [3.63, 3.8) is 0 Å². The maximum atomic E-state index is 13.0. The molecule has 1 saturated heterocycles. The Labute approximate surface area is 203 Å². The molecule has 1 heterocycles. The Kier molecular flexibility index (Phi) is 8.15. The lowest BCUT2D eigenvalue weighted by Crippen LogP contribution is -2.51. The first-order chi connectivity index (χ1) is 16.0. The van der Waals surface area contributed by atoms with Gasteiger partial charge in [-0.05, 0) is 68.9 Å². The highest BCUT2D eigenvalue weighted by molar-refractivity contribution is 7.89. The number of hydrogen-bond donors (Lipinski definition) is 2. The number of benzene rings is 2. The number of nitrogens with one attached hydrogen (secondary N) is 2. The van der Waals surface area contributed by atoms with Crippen LogP contribution in [0, 0.1) is 32.6 Å². The number of sulfonamides is 1. The lowest BCUT2D eigenvalue weighted by molar-refractivity contribution is -0.130. The second-order valence-corrected chi connectivity index (χ2v) is 11.4. The van der Waals surface area contributed by atoms with Crippen LogP contribution < -0.4 is 10.6 Å². The number of nitrogens with zero attached hydrogens (tertiary/aromatic N) is 1. The molecule has 3 rings (SSSR count). The minimum Gasteiger partial charge on any atom is -0.344 e. The normalized spacial score (nSPS) is 16.3. The zero-order valence-electron chi connectivity index (χ0n) is 20.6. The van der Waals surface area contributed by atoms with Crippen LogP contribution in [0.25, 0.3) is 0 Å². The molecule has 0 saturated carbocycles. The van der Waals surface area contributed by atoms with E-state index in [1.807, 2.05) is 52.8 Å². The van der Waals surface area contributed by atoms with Crippen LogP contribution in [0.4, 0.5) is 5.69 Å². The molecule has 7 nitrogen and oxygen atoms in total. The lowest BCUT2D eigenvalue weighted by Gasteiger charge is -2.32. The predicted octanol–water partition coefficient (Wildman–Crippen LogP) is 3.79. The average Bonchev–Trinajstić information content (AvgIpc) is 2.80. The van der Waals surface area contributed by atoms with Crippen molar-refractivity contribution in [2.45, 2.75) is 58.4 Å². The number of aryl methyl sites for hydroxylation is 2. The molecule has 1 aliphatic rings. The van der Waals surface area contributed by atoms with Crippen molar-refractivity contribution in [3.05, 3.63) is 59.2 Å². The number of anilines is 1. The highest BCUT2D eigenvalue weighted by Gasteiger charge is 2.34. The summed E-state index contributed by atoms with van der Waals surface area (Å²) in [5, 5.41) is 5.86. The Morgan fingerprint density at radius 1 is 0.971 bits per heavy atom. The number of rotatable bonds is 7. The van der Waals surface area contributed by atoms with Gasteiger partial charge in [-0.25, -0.2) is 8.42 Å². The fraction of sp³-hybridized carbons (Fsp3) is 0.462. The van der Waals surface area contributed by atoms with E-state index in [1.165, 1.54) is 4.31 Å². The predicted molar refractivity (Wildman–Crippen MR) is 134 cm³/mol. The Morgan fingerprint density at radius 3 is 2.18 bits per heavy atom. The van der Waals surface area contributed by atoms with Gasteiger partial charge in [0.15, 0.2) is 0 Å². The Hall–Kier alpha value is -2.71. The van der Waals surface area contributed by atoms with E-state index in [2.05, 4.69) is 10.6 Å². The van der Waals surface area contributed by atoms with E-state index in [1.54, 1.807) is 24.3 Å². The van der Waals surface area contributed by atoms with Crippen LogP contribution in [0.3, 0.4) is 0 Å². The average molecular weight is 486 g/mol. The fourth-order valence-corrected chi connectivity index (χ4v) is 5.59. The first kappa shape index (κ1) is 25.9. The molecule has 184 valence electrons. The summed E-state index contributed by atoms with van der Waals surface area (Å²) < 4.78 is 27.3. The van der Waals surface area contributed by atoms with Crippen molar-refractivity contribution in [3.8, 4) is 0 Å². The van der Waals surface area contributed by atoms with Gasteiger partial charge >= 0.3 is 0 Å². The summed E-state index contributed by atoms with van der Waals surface area (Å²) >= 11 is 0. The Morgan fingerprint density at radius 2 is 1.59 bits per heavy atom. The molecule has 2 aromatic carbocycles. The number of amides is 2. The minimum atomic E-state index is -3.58. The standard InChI is InChI=1S/C26H35N3O4S/c1-17(2)24(26(31)27-23-8-6-7-19(4)20(23)5)28-25(30)21-13-15-29(16-14-21)34(32,33)22-11-9-18(3)10-12-22/h6-12,17,21,24H,13-16H2,1-5H3,(H,27,31)(H,28,30)/t24-/m1/s1. The SMILES string of the molecule is Cc1ccc(S(=O)(=O)N2CCC(C(=O)N[C@@H](C(=O)Nc3cccc(C)c3C)C(C)C)CC2)cc1. The molecule has 34 heavy (non-hydrogen) atoms. The summed E-state index contributed by atoms with van der Waals surface area (Å²) in [6, 6.07) is 11.8. The van der Waals surface area contributed by atoms with Gasteiger partial charge in [0, 0.05) is 24.7 Å². The molecule has 0 unspecified atom stereocenters. The summed E-state index contributed by atoms with van der Waals surface area (Å²) in [7, 11) is -3.58. The monoisotopic (exact) mass is 485 g/mol. The Balaban J connectivity index is 1.61. The molecular weight excluding hydrogens is 450 g/mol. The van der Waals surface area contributed by atoms with Crippen molar-refractivity contribution in [1.29, 1.82) is 0 Å². The van der Waals surface area contributed by atoms with Crippen molar-refractivity contribution in [2.24, 2.45) is 11.8 Å². The molecule has 0 aliphatic carbocycles. The van der Waals surface area contributed by atoms with Crippen molar-refractivity contribution >= 4 is 27.5 Å². The maximum absolute atomic E-state index is 13.0. The summed E-state index contributed by atoms with van der Waals surface area (Å²) in [4.78, 5) is 26.3. The third kappa shape index (κ3) is 5.85. The van der Waals surface area contributed by atoms with Crippen molar-refractivity contribution in [1.82, 2.24) is 9.62 Å². The molecule has 2 N–H and O–H groups in total. The molecule has 8 heteroatoms. The largest absolute Gasteiger partial charge is 0.344 e. The minimum absolute atomic E-state index is 0.101. The summed E-state index contributed by atoms with van der Waals surface area (Å²) in [5.41, 5.74) is 3.80. The van der Waals surface area contributed by atoms with Crippen LogP contribution in [0.5, 0.6) is 0 Å². The first-order valence-corrected chi connectivity index (χ1v) is 13.2. The second kappa shape index (κ2) is 10.7. The van der Waals surface area contributed by atoms with E-state index >= 15 is 0 Å². The van der Waals surface area contributed by atoms with Gasteiger partial charge < -0.3 is 10.6 Å². The van der Waals surface area contributed by atoms with E-state index in [0.29, 0.717) is 12.8 Å². The molecule has 0 bridgehead atoms. The van der Waals surface area contributed by atoms with E-state index in [-0.39, 0.29) is 41.6 Å². The Bertz CT molecular complexity index is 1140. The van der Waals surface area contributed by atoms with Crippen molar-refractivity contribution in [2.75, 3.05) is 18.4 Å². The van der Waals surface area contributed by atoms with Crippen LogP contribution in [0.2, 0.25) is 0 Å². The van der Waals surface area contributed by atoms with Crippen LogP contribution >= 0.6 is 0 Å². The van der Waals surface area contributed by atoms with Gasteiger partial charge in [-0.2, -0.15) is 4.31 Å². The molecular formula is C26H35N3O4S. The number of carbonyl (C=O) groups excluding carboxylic acids is 2. The highest BCUT2D eigenvalue weighted by Crippen LogP contribution is 2.25. The third-order valence-electron chi connectivity index (χ3n) is 6.59. The summed E-state index contributed by atoms with van der Waals surface area (Å²) in [6.45, 7) is 10.2. The van der Waals surface area contributed by atoms with Gasteiger partial charge in [0.1, 0.15) is 6.04 Å². The molecule has 2 amide bonds.